The molecule has 0 saturated carbocycles. The first-order valence-corrected chi connectivity index (χ1v) is 9.89. The van der Waals surface area contributed by atoms with E-state index < -0.39 is 0 Å². The standard InChI is InChI=1S/C22H26N4O/c1-2-20-24-19-11-7-14-23-22(19)26(20)18-13-15-25(16-18)21(27)12-6-10-17-8-4-3-5-9-17/h3-5,7-9,11,14,18H,2,6,10,12-13,15-16H2,1H3/t18-/m1/s1. The Morgan fingerprint density at radius 1 is 1.19 bits per heavy atom. The fraction of sp³-hybridized carbons (Fsp3) is 0.409. The van der Waals surface area contributed by atoms with E-state index in [0.717, 1.165) is 55.8 Å². The van der Waals surface area contributed by atoms with Gasteiger partial charge in [0.1, 0.15) is 11.3 Å². The molecular formula is C22H26N4O. The minimum absolute atomic E-state index is 0.267. The molecule has 1 aliphatic heterocycles. The van der Waals surface area contributed by atoms with Crippen LogP contribution < -0.4 is 0 Å². The van der Waals surface area contributed by atoms with Crippen LogP contribution in [0, 0.1) is 0 Å². The molecule has 5 nitrogen and oxygen atoms in total. The molecular weight excluding hydrogens is 336 g/mol. The molecule has 2 aromatic heterocycles. The zero-order valence-corrected chi connectivity index (χ0v) is 15.8. The van der Waals surface area contributed by atoms with Crippen LogP contribution in [0.3, 0.4) is 0 Å². The molecule has 0 bridgehead atoms. The molecule has 1 saturated heterocycles. The SMILES string of the molecule is CCc1nc2cccnc2n1[C@@H]1CCN(C(=O)CCCc2ccccc2)C1. The van der Waals surface area contributed by atoms with Gasteiger partial charge in [-0.05, 0) is 37.0 Å². The molecule has 27 heavy (non-hydrogen) atoms. The van der Waals surface area contributed by atoms with Gasteiger partial charge >= 0.3 is 0 Å². The van der Waals surface area contributed by atoms with Crippen molar-refractivity contribution in [2.45, 2.75) is 45.1 Å². The maximum atomic E-state index is 12.7. The van der Waals surface area contributed by atoms with Crippen LogP contribution in [0.2, 0.25) is 0 Å². The molecule has 1 aromatic carbocycles. The first kappa shape index (κ1) is 17.7. The van der Waals surface area contributed by atoms with Gasteiger partial charge in [-0.1, -0.05) is 37.3 Å². The smallest absolute Gasteiger partial charge is 0.222 e. The summed E-state index contributed by atoms with van der Waals surface area (Å²) in [5.41, 5.74) is 3.19. The molecule has 0 spiro atoms. The van der Waals surface area contributed by atoms with E-state index in [1.807, 2.05) is 29.3 Å². The number of fused-ring (bicyclic) bond motifs is 1. The number of amides is 1. The largest absolute Gasteiger partial charge is 0.341 e. The summed E-state index contributed by atoms with van der Waals surface area (Å²) < 4.78 is 2.26. The summed E-state index contributed by atoms with van der Waals surface area (Å²) in [5, 5.41) is 0. The molecule has 0 radical (unpaired) electrons. The number of aromatic nitrogens is 3. The highest BCUT2D eigenvalue weighted by molar-refractivity contribution is 5.76. The number of imidazole rings is 1. The summed E-state index contributed by atoms with van der Waals surface area (Å²) in [7, 11) is 0. The van der Waals surface area contributed by atoms with E-state index in [9.17, 15) is 4.79 Å². The van der Waals surface area contributed by atoms with Crippen molar-refractivity contribution in [3.05, 3.63) is 60.0 Å². The third-order valence-corrected chi connectivity index (χ3v) is 5.42. The predicted molar refractivity (Wildman–Crippen MR) is 107 cm³/mol. The van der Waals surface area contributed by atoms with E-state index in [1.165, 1.54) is 5.56 Å². The Balaban J connectivity index is 1.39. The number of rotatable bonds is 6. The van der Waals surface area contributed by atoms with Crippen molar-refractivity contribution in [3.8, 4) is 0 Å². The van der Waals surface area contributed by atoms with Crippen LogP contribution in [0.25, 0.3) is 11.2 Å². The summed E-state index contributed by atoms with van der Waals surface area (Å²) in [6, 6.07) is 14.6. The number of benzene rings is 1. The molecule has 1 atom stereocenters. The maximum absolute atomic E-state index is 12.7. The lowest BCUT2D eigenvalue weighted by Crippen LogP contribution is -2.29. The Kier molecular flexibility index (Phi) is 5.19. The number of carbonyl (C=O) groups excluding carboxylic acids is 1. The van der Waals surface area contributed by atoms with Gasteiger partial charge in [-0.15, -0.1) is 0 Å². The summed E-state index contributed by atoms with van der Waals surface area (Å²) in [6.07, 6.45) is 6.14. The highest BCUT2D eigenvalue weighted by Crippen LogP contribution is 2.28. The van der Waals surface area contributed by atoms with Gasteiger partial charge in [-0.3, -0.25) is 4.79 Å². The highest BCUT2D eigenvalue weighted by Gasteiger charge is 2.29. The lowest BCUT2D eigenvalue weighted by atomic mass is 10.1. The number of pyridine rings is 1. The van der Waals surface area contributed by atoms with Crippen LogP contribution in [-0.4, -0.2) is 38.4 Å². The van der Waals surface area contributed by atoms with Crippen LogP contribution in [0.15, 0.2) is 48.7 Å². The highest BCUT2D eigenvalue weighted by atomic mass is 16.2. The van der Waals surface area contributed by atoms with Gasteiger partial charge in [0.15, 0.2) is 5.65 Å². The molecule has 5 heteroatoms. The van der Waals surface area contributed by atoms with Gasteiger partial charge in [0.25, 0.3) is 0 Å². The van der Waals surface area contributed by atoms with E-state index in [1.54, 1.807) is 0 Å². The molecule has 0 aliphatic carbocycles. The first-order valence-electron chi connectivity index (χ1n) is 9.89. The van der Waals surface area contributed by atoms with Crippen molar-refractivity contribution >= 4 is 17.1 Å². The lowest BCUT2D eigenvalue weighted by molar-refractivity contribution is -0.130. The number of aryl methyl sites for hydroxylation is 2. The Hall–Kier alpha value is -2.69. The second-order valence-corrected chi connectivity index (χ2v) is 7.22. The second-order valence-electron chi connectivity index (χ2n) is 7.22. The van der Waals surface area contributed by atoms with Crippen LogP contribution in [0.5, 0.6) is 0 Å². The van der Waals surface area contributed by atoms with Crippen molar-refractivity contribution in [1.82, 2.24) is 19.4 Å². The van der Waals surface area contributed by atoms with Crippen LogP contribution in [-0.2, 0) is 17.6 Å². The number of carbonyl (C=O) groups is 1. The topological polar surface area (TPSA) is 51.0 Å². The van der Waals surface area contributed by atoms with E-state index in [4.69, 9.17) is 4.98 Å². The quantitative estimate of drug-likeness (QED) is 0.670. The van der Waals surface area contributed by atoms with Gasteiger partial charge in [0.2, 0.25) is 5.91 Å². The van der Waals surface area contributed by atoms with Gasteiger partial charge in [0, 0.05) is 32.1 Å². The Morgan fingerprint density at radius 2 is 2.04 bits per heavy atom. The molecule has 3 aromatic rings. The van der Waals surface area contributed by atoms with Crippen molar-refractivity contribution in [2.24, 2.45) is 0 Å². The number of hydrogen-bond donors (Lipinski definition) is 0. The monoisotopic (exact) mass is 362 g/mol. The summed E-state index contributed by atoms with van der Waals surface area (Å²) >= 11 is 0. The Morgan fingerprint density at radius 3 is 2.85 bits per heavy atom. The molecule has 140 valence electrons. The van der Waals surface area contributed by atoms with Crippen molar-refractivity contribution in [1.29, 1.82) is 0 Å². The zero-order chi connectivity index (χ0) is 18.6. The molecule has 0 unspecified atom stereocenters. The fourth-order valence-electron chi connectivity index (χ4n) is 4.04. The van der Waals surface area contributed by atoms with E-state index in [-0.39, 0.29) is 11.9 Å². The maximum Gasteiger partial charge on any atom is 0.222 e. The third kappa shape index (κ3) is 3.72. The third-order valence-electron chi connectivity index (χ3n) is 5.42. The molecule has 1 amide bonds. The normalized spacial score (nSPS) is 16.9. The van der Waals surface area contributed by atoms with Crippen LogP contribution in [0.1, 0.15) is 43.6 Å². The van der Waals surface area contributed by atoms with Gasteiger partial charge in [-0.2, -0.15) is 0 Å². The number of hydrogen-bond acceptors (Lipinski definition) is 3. The Labute approximate surface area is 160 Å². The van der Waals surface area contributed by atoms with Gasteiger partial charge < -0.3 is 9.47 Å². The second kappa shape index (κ2) is 7.91. The zero-order valence-electron chi connectivity index (χ0n) is 15.8. The predicted octanol–water partition coefficient (Wildman–Crippen LogP) is 3.79. The minimum atomic E-state index is 0.267. The molecule has 1 fully saturated rings. The summed E-state index contributed by atoms with van der Waals surface area (Å²) in [5.74, 6) is 1.33. The average Bonchev–Trinajstić information content (AvgIpc) is 3.33. The van der Waals surface area contributed by atoms with Crippen molar-refractivity contribution in [2.75, 3.05) is 13.1 Å². The van der Waals surface area contributed by atoms with Crippen LogP contribution in [0.4, 0.5) is 0 Å². The molecule has 0 N–H and O–H groups in total. The molecule has 4 rings (SSSR count). The van der Waals surface area contributed by atoms with Gasteiger partial charge in [0.05, 0.1) is 6.04 Å². The summed E-state index contributed by atoms with van der Waals surface area (Å²) in [6.45, 7) is 3.71. The van der Waals surface area contributed by atoms with E-state index >= 15 is 0 Å². The lowest BCUT2D eigenvalue weighted by Gasteiger charge is -2.18. The first-order chi connectivity index (χ1) is 13.3. The summed E-state index contributed by atoms with van der Waals surface area (Å²) in [4.78, 5) is 23.9. The number of nitrogens with zero attached hydrogens (tertiary/aromatic N) is 4. The minimum Gasteiger partial charge on any atom is -0.341 e. The molecule has 3 heterocycles. The van der Waals surface area contributed by atoms with Crippen molar-refractivity contribution in [3.63, 3.8) is 0 Å². The van der Waals surface area contributed by atoms with E-state index in [0.29, 0.717) is 6.42 Å². The van der Waals surface area contributed by atoms with E-state index in [2.05, 4.69) is 40.7 Å². The average molecular weight is 362 g/mol. The molecule has 1 aliphatic rings. The van der Waals surface area contributed by atoms with Crippen LogP contribution >= 0.6 is 0 Å². The fourth-order valence-corrected chi connectivity index (χ4v) is 4.04. The Bertz CT molecular complexity index is 918. The van der Waals surface area contributed by atoms with Crippen molar-refractivity contribution < 1.29 is 4.79 Å². The van der Waals surface area contributed by atoms with Gasteiger partial charge in [-0.25, -0.2) is 9.97 Å². The number of likely N-dealkylation sites (tertiary alicyclic amines) is 1.